The number of piperidine rings is 1. The predicted molar refractivity (Wildman–Crippen MR) is 102 cm³/mol. The number of likely N-dealkylation sites (tertiary alicyclic amines) is 1. The van der Waals surface area contributed by atoms with Crippen LogP contribution in [-0.4, -0.2) is 42.0 Å². The average molecular weight is 373 g/mol. The van der Waals surface area contributed by atoms with Gasteiger partial charge in [0, 0.05) is 25.2 Å². The van der Waals surface area contributed by atoms with Crippen LogP contribution in [0, 0.1) is 16.7 Å². The van der Waals surface area contributed by atoms with E-state index in [1.165, 1.54) is 25.4 Å². The summed E-state index contributed by atoms with van der Waals surface area (Å²) in [6, 6.07) is 2.02. The zero-order chi connectivity index (χ0) is 19.2. The molecule has 1 aliphatic heterocycles. The molecule has 2 saturated carbocycles. The summed E-state index contributed by atoms with van der Waals surface area (Å²) in [5.74, 6) is 0.716. The number of carbonyl (C=O) groups excluding carboxylic acids is 2. The summed E-state index contributed by atoms with van der Waals surface area (Å²) < 4.78 is 4.99. The monoisotopic (exact) mass is 373 g/mol. The molecular weight excluding hydrogens is 342 g/mol. The van der Waals surface area contributed by atoms with E-state index in [2.05, 4.69) is 31.4 Å². The van der Waals surface area contributed by atoms with Crippen LogP contribution in [0.25, 0.3) is 0 Å². The number of nitrogens with one attached hydrogen (secondary N) is 2. The molecule has 3 atom stereocenters. The van der Waals surface area contributed by atoms with E-state index in [0.717, 1.165) is 19.3 Å². The summed E-state index contributed by atoms with van der Waals surface area (Å²) in [7, 11) is 0. The Morgan fingerprint density at radius 2 is 1.89 bits per heavy atom. The Labute approximate surface area is 161 Å². The van der Waals surface area contributed by atoms with Gasteiger partial charge in [-0.25, -0.2) is 4.79 Å². The van der Waals surface area contributed by atoms with E-state index in [0.29, 0.717) is 30.0 Å². The Balaban J connectivity index is 1.26. The maximum Gasteiger partial charge on any atom is 0.315 e. The molecule has 0 radical (unpaired) electrons. The van der Waals surface area contributed by atoms with Crippen LogP contribution in [0.15, 0.2) is 23.0 Å². The molecule has 2 N–H and O–H groups in total. The summed E-state index contributed by atoms with van der Waals surface area (Å²) in [4.78, 5) is 26.8. The van der Waals surface area contributed by atoms with E-state index in [-0.39, 0.29) is 29.4 Å². The van der Waals surface area contributed by atoms with Crippen molar-refractivity contribution in [2.45, 2.75) is 65.0 Å². The topological polar surface area (TPSA) is 74.6 Å². The highest BCUT2D eigenvalue weighted by Gasteiger charge is 2.61. The molecule has 2 heterocycles. The third kappa shape index (κ3) is 3.03. The smallest absolute Gasteiger partial charge is 0.315 e. The molecule has 6 heteroatoms. The number of fused-ring (bicyclic) bond motifs is 2. The molecule has 4 rings (SSSR count). The average Bonchev–Trinajstić information content (AvgIpc) is 3.28. The normalized spacial score (nSPS) is 32.5. The van der Waals surface area contributed by atoms with Crippen LogP contribution in [-0.2, 0) is 0 Å². The van der Waals surface area contributed by atoms with Crippen molar-refractivity contribution in [3.05, 3.63) is 24.2 Å². The summed E-state index contributed by atoms with van der Waals surface area (Å²) in [5, 5.41) is 6.40. The van der Waals surface area contributed by atoms with Crippen molar-refractivity contribution >= 4 is 11.9 Å². The van der Waals surface area contributed by atoms with Crippen LogP contribution in [0.5, 0.6) is 0 Å². The lowest BCUT2D eigenvalue weighted by Crippen LogP contribution is -2.54. The number of rotatable bonds is 3. The van der Waals surface area contributed by atoms with Gasteiger partial charge in [-0.1, -0.05) is 20.8 Å². The molecule has 2 aliphatic carbocycles. The number of nitrogens with zero attached hydrogens (tertiary/aromatic N) is 1. The second kappa shape index (κ2) is 6.57. The second-order valence-electron chi connectivity index (χ2n) is 9.36. The zero-order valence-electron chi connectivity index (χ0n) is 16.6. The van der Waals surface area contributed by atoms with Crippen molar-refractivity contribution in [2.24, 2.45) is 16.7 Å². The van der Waals surface area contributed by atoms with E-state index in [1.54, 1.807) is 6.07 Å². The van der Waals surface area contributed by atoms with Crippen molar-refractivity contribution in [3.8, 4) is 0 Å². The molecule has 6 nitrogen and oxygen atoms in total. The van der Waals surface area contributed by atoms with Gasteiger partial charge in [-0.2, -0.15) is 0 Å². The van der Waals surface area contributed by atoms with Gasteiger partial charge in [0.2, 0.25) is 0 Å². The van der Waals surface area contributed by atoms with E-state index in [4.69, 9.17) is 4.42 Å². The van der Waals surface area contributed by atoms with Crippen molar-refractivity contribution < 1.29 is 14.0 Å². The molecule has 0 aromatic carbocycles. The molecule has 1 saturated heterocycles. The summed E-state index contributed by atoms with van der Waals surface area (Å²) >= 11 is 0. The fourth-order valence-electron chi connectivity index (χ4n) is 5.60. The van der Waals surface area contributed by atoms with Crippen molar-refractivity contribution in [3.63, 3.8) is 0 Å². The largest absolute Gasteiger partial charge is 0.472 e. The van der Waals surface area contributed by atoms with Crippen LogP contribution < -0.4 is 10.6 Å². The molecule has 1 aromatic rings. The summed E-state index contributed by atoms with van der Waals surface area (Å²) in [6.07, 6.45) is 8.14. The van der Waals surface area contributed by atoms with Crippen LogP contribution >= 0.6 is 0 Å². The minimum Gasteiger partial charge on any atom is -0.472 e. The van der Waals surface area contributed by atoms with Gasteiger partial charge in [0.15, 0.2) is 0 Å². The Morgan fingerprint density at radius 1 is 1.15 bits per heavy atom. The molecule has 2 bridgehead atoms. The van der Waals surface area contributed by atoms with Crippen LogP contribution in [0.3, 0.4) is 0 Å². The lowest BCUT2D eigenvalue weighted by molar-refractivity contribution is 0.0706. The Morgan fingerprint density at radius 3 is 2.44 bits per heavy atom. The molecule has 27 heavy (non-hydrogen) atoms. The highest BCUT2D eigenvalue weighted by atomic mass is 16.3. The number of amides is 3. The van der Waals surface area contributed by atoms with Crippen molar-refractivity contribution in [1.29, 1.82) is 0 Å². The molecule has 0 unspecified atom stereocenters. The van der Waals surface area contributed by atoms with Gasteiger partial charge in [0.1, 0.15) is 6.26 Å². The first-order valence-corrected chi connectivity index (χ1v) is 10.2. The number of furan rings is 1. The molecule has 3 fully saturated rings. The van der Waals surface area contributed by atoms with E-state index < -0.39 is 0 Å². The van der Waals surface area contributed by atoms with Crippen LogP contribution in [0.1, 0.15) is 63.2 Å². The summed E-state index contributed by atoms with van der Waals surface area (Å²) in [5.41, 5.74) is 1.07. The van der Waals surface area contributed by atoms with Gasteiger partial charge in [0.25, 0.3) is 5.91 Å². The quantitative estimate of drug-likeness (QED) is 0.853. The van der Waals surface area contributed by atoms with Crippen molar-refractivity contribution in [1.82, 2.24) is 15.5 Å². The molecule has 1 aromatic heterocycles. The summed E-state index contributed by atoms with van der Waals surface area (Å²) in [6.45, 7) is 8.37. The minimum absolute atomic E-state index is 0.00351. The minimum atomic E-state index is -0.0517. The Bertz CT molecular complexity index is 706. The maximum atomic E-state index is 12.6. The molecule has 0 spiro atoms. The fourth-order valence-corrected chi connectivity index (χ4v) is 5.60. The van der Waals surface area contributed by atoms with Gasteiger partial charge in [0.05, 0.1) is 11.8 Å². The predicted octanol–water partition coefficient (Wildman–Crippen LogP) is 3.40. The Kier molecular flexibility index (Phi) is 4.47. The first kappa shape index (κ1) is 18.4. The van der Waals surface area contributed by atoms with Crippen LogP contribution in [0.4, 0.5) is 4.79 Å². The second-order valence-corrected chi connectivity index (χ2v) is 9.36. The third-order valence-electron chi connectivity index (χ3n) is 7.98. The first-order chi connectivity index (χ1) is 12.8. The highest BCUT2D eigenvalue weighted by Crippen LogP contribution is 2.65. The highest BCUT2D eigenvalue weighted by molar-refractivity contribution is 5.93. The lowest BCUT2D eigenvalue weighted by atomic mass is 9.69. The SMILES string of the molecule is CC1(C)[C@H]2CC[C@@]1(C)[C@@H](NC(=O)NC1CCN(C(=O)c3ccoc3)CC1)C2. The van der Waals surface area contributed by atoms with Crippen molar-refractivity contribution in [2.75, 3.05) is 13.1 Å². The van der Waals surface area contributed by atoms with E-state index in [9.17, 15) is 9.59 Å². The van der Waals surface area contributed by atoms with Gasteiger partial charge < -0.3 is 20.0 Å². The number of hydrogen-bond acceptors (Lipinski definition) is 3. The number of urea groups is 1. The molecule has 3 aliphatic rings. The van der Waals surface area contributed by atoms with Gasteiger partial charge >= 0.3 is 6.03 Å². The van der Waals surface area contributed by atoms with Crippen LogP contribution in [0.2, 0.25) is 0 Å². The molecule has 3 amide bonds. The van der Waals surface area contributed by atoms with E-state index in [1.807, 2.05) is 4.90 Å². The van der Waals surface area contributed by atoms with Gasteiger partial charge in [-0.05, 0) is 54.9 Å². The lowest BCUT2D eigenvalue weighted by Gasteiger charge is -2.40. The van der Waals surface area contributed by atoms with Gasteiger partial charge in [-0.3, -0.25) is 4.79 Å². The number of hydrogen-bond donors (Lipinski definition) is 2. The Hall–Kier alpha value is -1.98. The standard InChI is InChI=1S/C21H31N3O3/c1-20(2)15-4-8-21(20,3)17(12-15)23-19(26)22-16-5-9-24(10-6-16)18(25)14-7-11-27-13-14/h7,11,13,15-17H,4-6,8-10,12H2,1-3H3,(H2,22,23,26)/t15-,17-,21-/m0/s1. The first-order valence-electron chi connectivity index (χ1n) is 10.2. The fraction of sp³-hybridized carbons (Fsp3) is 0.714. The third-order valence-corrected chi connectivity index (χ3v) is 7.98. The molecular formula is C21H31N3O3. The maximum absolute atomic E-state index is 12.6. The number of carbonyl (C=O) groups is 2. The molecule has 148 valence electrons. The van der Waals surface area contributed by atoms with Gasteiger partial charge in [-0.15, -0.1) is 0 Å². The zero-order valence-corrected chi connectivity index (χ0v) is 16.6. The van der Waals surface area contributed by atoms with E-state index >= 15 is 0 Å².